The minimum Gasteiger partial charge on any atom is -0.497 e. The molecule has 1 saturated heterocycles. The minimum absolute atomic E-state index is 0.0485. The zero-order valence-corrected chi connectivity index (χ0v) is 43.0. The van der Waals surface area contributed by atoms with E-state index in [0.29, 0.717) is 36.5 Å². The predicted octanol–water partition coefficient (Wildman–Crippen LogP) is 7.86. The number of nitrogens with zero attached hydrogens (tertiary/aromatic N) is 4. The van der Waals surface area contributed by atoms with Crippen LogP contribution in [0.25, 0.3) is 11.2 Å². The molecule has 4 atom stereocenters. The first-order valence-electron chi connectivity index (χ1n) is 24.6. The number of rotatable bonds is 27. The molecule has 1 amide bonds. The van der Waals surface area contributed by atoms with Crippen LogP contribution in [-0.4, -0.2) is 116 Å². The van der Waals surface area contributed by atoms with Crippen molar-refractivity contribution in [2.24, 2.45) is 0 Å². The summed E-state index contributed by atoms with van der Waals surface area (Å²) in [5.41, 5.74) is 2.16. The number of methoxy groups -OCH3 is 2. The van der Waals surface area contributed by atoms with Gasteiger partial charge in [0.15, 0.2) is 45.8 Å². The standard InChI is InChI=1S/C56H59N5O14S/c1-38-19-29-45(30-20-38)76(66,67)32-31-70-37-72-51-46(33-73-56(39-13-7-4-8-14-39,40-21-25-42(68-2)26-22-40)41-23-27-43(69-3)28-24-41)74-55(52(51)75-49(65)18-12-6-11-17-48(63)64)61-36-59-50-53(57-35-58-54(50)61)60-47(62)34-71-44-15-9-5-10-16-44/h4-5,7-10,13-16,19-30,35-36,46,51-52,55H,6,11-12,17-18,31-34,37H2,1-3H3,(H,63,64)(H,57,58,60,62)/t46-,51-,52-,55-/m1/s1. The molecule has 1 fully saturated rings. The molecule has 1 aliphatic heterocycles. The molecule has 0 radical (unpaired) electrons. The van der Waals surface area contributed by atoms with Gasteiger partial charge in [0.1, 0.15) is 48.2 Å². The van der Waals surface area contributed by atoms with E-state index in [1.54, 1.807) is 67.3 Å². The highest BCUT2D eigenvalue weighted by molar-refractivity contribution is 7.91. The van der Waals surface area contributed by atoms with Crippen LogP contribution in [0.15, 0.2) is 151 Å². The molecule has 0 unspecified atom stereocenters. The molecule has 0 saturated carbocycles. The van der Waals surface area contributed by atoms with Crippen LogP contribution in [0, 0.1) is 6.92 Å². The molecule has 0 spiro atoms. The van der Waals surface area contributed by atoms with Gasteiger partial charge in [-0.05, 0) is 85.0 Å². The van der Waals surface area contributed by atoms with Crippen molar-refractivity contribution in [3.05, 3.63) is 168 Å². The maximum Gasteiger partial charge on any atom is 0.306 e. The van der Waals surface area contributed by atoms with E-state index in [-0.39, 0.29) is 60.3 Å². The van der Waals surface area contributed by atoms with Crippen molar-refractivity contribution in [1.82, 2.24) is 19.5 Å². The molecule has 398 valence electrons. The average Bonchev–Trinajstić information content (AvgIpc) is 4.02. The SMILES string of the molecule is COc1ccc(C(OC[C@H]2O[C@@H](n3cnc4c(NC(=O)COc5ccccc5)ncnc43)[C@H](OC(=O)CCCCCC(=O)O)[C@@H]2OCOCCS(=O)(=O)c2ccc(C)cc2)(c2ccccc2)c2ccc(OC)cc2)cc1. The summed E-state index contributed by atoms with van der Waals surface area (Å²) in [5, 5.41) is 11.9. The number of carbonyl (C=O) groups is 3. The third-order valence-corrected chi connectivity index (χ3v) is 14.4. The number of carbonyl (C=O) groups excluding carboxylic acids is 2. The van der Waals surface area contributed by atoms with Crippen LogP contribution in [0.1, 0.15) is 60.6 Å². The number of para-hydroxylation sites is 1. The molecule has 2 aromatic heterocycles. The van der Waals surface area contributed by atoms with Gasteiger partial charge in [-0.1, -0.05) is 96.9 Å². The second-order valence-corrected chi connectivity index (χ2v) is 19.9. The van der Waals surface area contributed by atoms with Gasteiger partial charge in [-0.15, -0.1) is 0 Å². The number of nitrogens with one attached hydrogen (secondary N) is 1. The highest BCUT2D eigenvalue weighted by Crippen LogP contribution is 2.44. The van der Waals surface area contributed by atoms with Gasteiger partial charge in [-0.2, -0.15) is 0 Å². The van der Waals surface area contributed by atoms with Gasteiger partial charge in [0, 0.05) is 12.8 Å². The molecule has 8 rings (SSSR count). The van der Waals surface area contributed by atoms with Gasteiger partial charge in [-0.25, -0.2) is 23.4 Å². The molecule has 0 bridgehead atoms. The summed E-state index contributed by atoms with van der Waals surface area (Å²) in [6.07, 6.45) is -1.01. The Morgan fingerprint density at radius 2 is 1.37 bits per heavy atom. The molecule has 76 heavy (non-hydrogen) atoms. The summed E-state index contributed by atoms with van der Waals surface area (Å²) in [7, 11) is -0.569. The van der Waals surface area contributed by atoms with Crippen LogP contribution in [0.4, 0.5) is 5.82 Å². The molecule has 19 nitrogen and oxygen atoms in total. The van der Waals surface area contributed by atoms with Crippen molar-refractivity contribution in [1.29, 1.82) is 0 Å². The van der Waals surface area contributed by atoms with Gasteiger partial charge in [0.05, 0.1) is 44.4 Å². The number of fused-ring (bicyclic) bond motifs is 1. The van der Waals surface area contributed by atoms with Gasteiger partial charge >= 0.3 is 11.9 Å². The number of sulfone groups is 1. The lowest BCUT2D eigenvalue weighted by Crippen LogP contribution is -2.42. The van der Waals surface area contributed by atoms with Gasteiger partial charge < -0.3 is 48.3 Å². The first-order valence-corrected chi connectivity index (χ1v) is 26.2. The quantitative estimate of drug-likeness (QED) is 0.0216. The smallest absolute Gasteiger partial charge is 0.306 e. The van der Waals surface area contributed by atoms with Crippen LogP contribution in [0.5, 0.6) is 17.2 Å². The second-order valence-electron chi connectivity index (χ2n) is 17.8. The number of amides is 1. The van der Waals surface area contributed by atoms with Gasteiger partial charge in [0.2, 0.25) is 0 Å². The molecule has 5 aromatic carbocycles. The Morgan fingerprint density at radius 3 is 2.01 bits per heavy atom. The highest BCUT2D eigenvalue weighted by atomic mass is 32.2. The van der Waals surface area contributed by atoms with Crippen molar-refractivity contribution in [3.63, 3.8) is 0 Å². The number of aliphatic carboxylic acids is 1. The Labute approximate surface area is 439 Å². The zero-order chi connectivity index (χ0) is 53.5. The van der Waals surface area contributed by atoms with Crippen molar-refractivity contribution >= 4 is 44.7 Å². The second kappa shape index (κ2) is 25.7. The Hall–Kier alpha value is -7.75. The maximum atomic E-state index is 14.0. The van der Waals surface area contributed by atoms with Crippen molar-refractivity contribution in [3.8, 4) is 17.2 Å². The third kappa shape index (κ3) is 13.4. The first kappa shape index (κ1) is 54.5. The minimum atomic E-state index is -3.73. The Morgan fingerprint density at radius 1 is 0.737 bits per heavy atom. The number of carboxylic acids is 1. The van der Waals surface area contributed by atoms with Gasteiger partial charge in [-0.3, -0.25) is 19.0 Å². The van der Waals surface area contributed by atoms with E-state index in [1.807, 2.05) is 91.9 Å². The van der Waals surface area contributed by atoms with E-state index in [2.05, 4.69) is 20.3 Å². The molecule has 20 heteroatoms. The van der Waals surface area contributed by atoms with Crippen LogP contribution >= 0.6 is 0 Å². The lowest BCUT2D eigenvalue weighted by atomic mass is 9.80. The van der Waals surface area contributed by atoms with Crippen LogP contribution in [0.3, 0.4) is 0 Å². The molecular formula is C56H59N5O14S. The molecular weight excluding hydrogens is 999 g/mol. The number of imidazole rings is 1. The molecule has 2 N–H and O–H groups in total. The lowest BCUT2D eigenvalue weighted by molar-refractivity contribution is -0.169. The fourth-order valence-electron chi connectivity index (χ4n) is 8.79. The summed E-state index contributed by atoms with van der Waals surface area (Å²) >= 11 is 0. The largest absolute Gasteiger partial charge is 0.497 e. The molecule has 7 aromatic rings. The Bertz CT molecular complexity index is 3080. The van der Waals surface area contributed by atoms with Gasteiger partial charge in [0.25, 0.3) is 5.91 Å². The summed E-state index contributed by atoms with van der Waals surface area (Å²) in [5.74, 6) is -0.623. The molecule has 1 aliphatic rings. The highest BCUT2D eigenvalue weighted by Gasteiger charge is 2.51. The molecule has 3 heterocycles. The Balaban J connectivity index is 1.15. The number of aromatic nitrogens is 4. The zero-order valence-electron chi connectivity index (χ0n) is 42.2. The maximum absolute atomic E-state index is 14.0. The fraction of sp³-hybridized carbons (Fsp3) is 0.321. The number of hydrogen-bond donors (Lipinski definition) is 2. The number of esters is 1. The van der Waals surface area contributed by atoms with E-state index >= 15 is 0 Å². The van der Waals surface area contributed by atoms with Crippen LogP contribution in [-0.2, 0) is 53.5 Å². The summed E-state index contributed by atoms with van der Waals surface area (Å²) in [6.45, 7) is 0.621. The Kier molecular flexibility index (Phi) is 18.4. The number of aryl methyl sites for hydroxylation is 1. The van der Waals surface area contributed by atoms with E-state index in [9.17, 15) is 27.9 Å². The number of ether oxygens (including phenoxy) is 8. The summed E-state index contributed by atoms with van der Waals surface area (Å²) < 4.78 is 77.9. The van der Waals surface area contributed by atoms with E-state index < -0.39 is 64.6 Å². The monoisotopic (exact) mass is 1060 g/mol. The lowest BCUT2D eigenvalue weighted by Gasteiger charge is -2.37. The normalized spacial score (nSPS) is 16.5. The number of anilines is 1. The van der Waals surface area contributed by atoms with Crippen LogP contribution in [0.2, 0.25) is 0 Å². The molecule has 0 aliphatic carbocycles. The van der Waals surface area contributed by atoms with E-state index in [0.717, 1.165) is 22.3 Å². The predicted molar refractivity (Wildman–Crippen MR) is 278 cm³/mol. The topological polar surface area (TPSA) is 235 Å². The number of hydrogen-bond acceptors (Lipinski definition) is 16. The summed E-state index contributed by atoms with van der Waals surface area (Å²) in [4.78, 5) is 52.0. The van der Waals surface area contributed by atoms with E-state index in [1.165, 1.54) is 12.7 Å². The van der Waals surface area contributed by atoms with Crippen molar-refractivity contribution < 1.29 is 65.8 Å². The van der Waals surface area contributed by atoms with Crippen molar-refractivity contribution in [2.45, 2.75) is 74.1 Å². The average molecular weight is 1060 g/mol. The number of benzene rings is 5. The number of carboxylic acid groups (broad SMARTS) is 1. The van der Waals surface area contributed by atoms with Crippen LogP contribution < -0.4 is 19.5 Å². The van der Waals surface area contributed by atoms with Crippen molar-refractivity contribution in [2.75, 3.05) is 51.9 Å². The third-order valence-electron chi connectivity index (χ3n) is 12.7. The fourth-order valence-corrected chi connectivity index (χ4v) is 9.91. The number of unbranched alkanes of at least 4 members (excludes halogenated alkanes) is 2. The van der Waals surface area contributed by atoms with E-state index in [4.69, 9.17) is 37.9 Å². The summed E-state index contributed by atoms with van der Waals surface area (Å²) in [6, 6.07) is 39.9. The first-order chi connectivity index (χ1) is 36.9.